The maximum absolute atomic E-state index is 13.1. The van der Waals surface area contributed by atoms with Crippen LogP contribution >= 0.6 is 45.3 Å². The molecule has 0 bridgehead atoms. The average Bonchev–Trinajstić information content (AvgIpc) is 1.47. The lowest BCUT2D eigenvalue weighted by Gasteiger charge is -2.27. The molecule has 0 spiro atoms. The minimum Gasteiger partial charge on any atom is -0.306 e. The van der Waals surface area contributed by atoms with E-state index in [0.717, 1.165) is 92.9 Å². The molecule has 0 aliphatic carbocycles. The maximum Gasteiger partial charge on any atom is 0.104 e. The second kappa shape index (κ2) is 17.8. The molecule has 414 valence electrons. The highest BCUT2D eigenvalue weighted by atomic mass is 32.1. The number of nitrogens with zero attached hydrogens (tertiary/aromatic N) is 6. The van der Waals surface area contributed by atoms with Gasteiger partial charge >= 0.3 is 0 Å². The molecule has 0 amide bonds. The van der Waals surface area contributed by atoms with Crippen molar-refractivity contribution in [1.82, 2.24) is 18.3 Å². The summed E-state index contributed by atoms with van der Waals surface area (Å²) in [5, 5.41) is 44.5. The maximum atomic E-state index is 13.1. The van der Waals surface area contributed by atoms with E-state index in [9.17, 15) is 10.5 Å². The van der Waals surface area contributed by atoms with Crippen molar-refractivity contribution in [3.05, 3.63) is 254 Å². The molecule has 90 heavy (non-hydrogen) atoms. The standard InChI is InChI=1S/C80H40N6S4/c81-41-55-73(83-57-25-9-1-21-51(57)69-61(83)37-33-47-43-17-5-13-29-65(43)87-77(47)69)56(42-82)75(85-59-27-11-3-23-53(59)71-63(85)39-35-49-45-19-7-15-31-67(45)89-79(49)71)76(86-60-28-12-4-24-54(60)72-64(86)40-36-50-46-20-8-16-32-68(46)90-80(50)72)74(55)84-58-26-10-2-22-52(58)70-62(84)38-34-48-44-18-6-14-30-66(44)88-78(48)70/h1-40H. The largest absolute Gasteiger partial charge is 0.306 e. The molecule has 0 N–H and O–H groups in total. The monoisotopic (exact) mass is 1210 g/mol. The number of hydrogen-bond acceptors (Lipinski definition) is 6. The second-order valence-electron chi connectivity index (χ2n) is 23.5. The molecule has 6 nitrogen and oxygen atoms in total. The molecule has 8 heterocycles. The van der Waals surface area contributed by atoms with E-state index in [2.05, 4.69) is 273 Å². The number of thiophene rings is 4. The first-order valence-electron chi connectivity index (χ1n) is 30.0. The Labute approximate surface area is 526 Å². The van der Waals surface area contributed by atoms with Gasteiger partial charge in [-0.15, -0.1) is 45.3 Å². The molecule has 0 aliphatic rings. The van der Waals surface area contributed by atoms with Gasteiger partial charge < -0.3 is 18.3 Å². The van der Waals surface area contributed by atoms with Crippen LogP contribution in [-0.2, 0) is 0 Å². The molecule has 13 aromatic carbocycles. The zero-order chi connectivity index (χ0) is 58.8. The van der Waals surface area contributed by atoms with Crippen LogP contribution < -0.4 is 0 Å². The average molecular weight is 1210 g/mol. The SMILES string of the molecule is N#Cc1c(-n2c3ccccc3c3c4sc5ccccc5c4ccc32)c(C#N)c(-n2c3ccccc3c3c4sc5ccccc5c4ccc32)c(-n2c3ccccc3c3c4sc5ccccc5c4ccc32)c1-n1c2ccccc2c2c3sc4ccccc4c3ccc21. The number of para-hydroxylation sites is 4. The number of aromatic nitrogens is 4. The predicted octanol–water partition coefficient (Wildman–Crippen LogP) is 23.3. The summed E-state index contributed by atoms with van der Waals surface area (Å²) in [6.45, 7) is 0. The molecule has 0 atom stereocenters. The zero-order valence-corrected chi connectivity index (χ0v) is 50.7. The van der Waals surface area contributed by atoms with Crippen molar-refractivity contribution in [3.8, 4) is 34.9 Å². The number of hydrogen-bond donors (Lipinski definition) is 0. The van der Waals surface area contributed by atoms with E-state index in [0.29, 0.717) is 28.2 Å². The molecule has 0 aliphatic heterocycles. The first-order chi connectivity index (χ1) is 44.6. The highest BCUT2D eigenvalue weighted by molar-refractivity contribution is 7.28. The van der Waals surface area contributed by atoms with E-state index in [1.54, 1.807) is 11.3 Å². The van der Waals surface area contributed by atoms with Gasteiger partial charge in [0.2, 0.25) is 0 Å². The summed E-state index contributed by atoms with van der Waals surface area (Å²) in [5.41, 5.74) is 11.0. The topological polar surface area (TPSA) is 67.3 Å². The number of rotatable bonds is 4. The molecule has 0 radical (unpaired) electrons. The van der Waals surface area contributed by atoms with Gasteiger partial charge in [-0.3, -0.25) is 0 Å². The van der Waals surface area contributed by atoms with Crippen LogP contribution in [0.3, 0.4) is 0 Å². The summed E-state index contributed by atoms with van der Waals surface area (Å²) >= 11 is 7.26. The van der Waals surface area contributed by atoms with Gasteiger partial charge in [-0.1, -0.05) is 170 Å². The molecule has 8 aromatic heterocycles. The molecule has 21 aromatic rings. The quantitative estimate of drug-likeness (QED) is 0.176. The fraction of sp³-hybridized carbons (Fsp3) is 0. The van der Waals surface area contributed by atoms with E-state index in [4.69, 9.17) is 0 Å². The third kappa shape index (κ3) is 6.13. The van der Waals surface area contributed by atoms with Gasteiger partial charge in [-0.25, -0.2) is 0 Å². The molecule has 0 unspecified atom stereocenters. The number of nitriles is 2. The van der Waals surface area contributed by atoms with Crippen LogP contribution in [-0.4, -0.2) is 18.3 Å². The van der Waals surface area contributed by atoms with Gasteiger partial charge in [0.15, 0.2) is 0 Å². The van der Waals surface area contributed by atoms with Crippen molar-refractivity contribution in [2.75, 3.05) is 0 Å². The fourth-order valence-electron chi connectivity index (χ4n) is 15.7. The molecule has 0 fully saturated rings. The van der Waals surface area contributed by atoms with Crippen molar-refractivity contribution >= 4 is 213 Å². The fourth-order valence-corrected chi connectivity index (χ4v) is 20.7. The van der Waals surface area contributed by atoms with Crippen molar-refractivity contribution in [2.45, 2.75) is 0 Å². The Bertz CT molecular complexity index is 6720. The Balaban J connectivity index is 1.06. The van der Waals surface area contributed by atoms with Gasteiger partial charge in [0.05, 0.1) is 66.9 Å². The number of benzene rings is 13. The van der Waals surface area contributed by atoms with Crippen molar-refractivity contribution < 1.29 is 0 Å². The Morgan fingerprint density at radius 3 is 0.722 bits per heavy atom. The van der Waals surface area contributed by atoms with E-state index in [1.807, 2.05) is 34.0 Å². The highest BCUT2D eigenvalue weighted by Crippen LogP contribution is 2.54. The van der Waals surface area contributed by atoms with Gasteiger partial charge in [0.1, 0.15) is 23.3 Å². The summed E-state index contributed by atoms with van der Waals surface area (Å²) in [4.78, 5) is 0. The first kappa shape index (κ1) is 49.0. The second-order valence-corrected chi connectivity index (χ2v) is 27.7. The summed E-state index contributed by atoms with van der Waals surface area (Å²) in [5.74, 6) is 0. The summed E-state index contributed by atoms with van der Waals surface area (Å²) < 4.78 is 19.1. The Morgan fingerprint density at radius 1 is 0.211 bits per heavy atom. The Hall–Kier alpha value is -11.1. The van der Waals surface area contributed by atoms with Crippen LogP contribution in [0.25, 0.3) is 191 Å². The molecular weight excluding hydrogens is 1170 g/mol. The smallest absolute Gasteiger partial charge is 0.104 e. The van der Waals surface area contributed by atoms with Crippen LogP contribution in [0.1, 0.15) is 11.1 Å². The third-order valence-corrected chi connectivity index (χ3v) is 24.1. The first-order valence-corrected chi connectivity index (χ1v) is 33.3. The molecule has 0 saturated carbocycles. The minimum atomic E-state index is 0.380. The van der Waals surface area contributed by atoms with Crippen LogP contribution in [0.2, 0.25) is 0 Å². The molecule has 0 saturated heterocycles. The predicted molar refractivity (Wildman–Crippen MR) is 385 cm³/mol. The van der Waals surface area contributed by atoms with E-state index in [-0.39, 0.29) is 0 Å². The van der Waals surface area contributed by atoms with Crippen LogP contribution in [0, 0.1) is 22.7 Å². The van der Waals surface area contributed by atoms with Crippen LogP contribution in [0.4, 0.5) is 0 Å². The lowest BCUT2D eigenvalue weighted by molar-refractivity contribution is 1.02. The van der Waals surface area contributed by atoms with Gasteiger partial charge in [0.25, 0.3) is 0 Å². The highest BCUT2D eigenvalue weighted by Gasteiger charge is 2.36. The van der Waals surface area contributed by atoms with Crippen molar-refractivity contribution in [1.29, 1.82) is 10.5 Å². The zero-order valence-electron chi connectivity index (χ0n) is 47.4. The van der Waals surface area contributed by atoms with E-state index in [1.165, 1.54) is 80.7 Å². The summed E-state index contributed by atoms with van der Waals surface area (Å²) in [6, 6.07) is 93.9. The van der Waals surface area contributed by atoms with Crippen LogP contribution in [0.15, 0.2) is 243 Å². The lowest BCUT2D eigenvalue weighted by Crippen LogP contribution is -2.16. The number of fused-ring (bicyclic) bond motifs is 28. The van der Waals surface area contributed by atoms with Crippen LogP contribution in [0.5, 0.6) is 0 Å². The summed E-state index contributed by atoms with van der Waals surface area (Å²) in [6.07, 6.45) is 0. The minimum absolute atomic E-state index is 0.380. The van der Waals surface area contributed by atoms with Gasteiger partial charge in [-0.2, -0.15) is 10.5 Å². The van der Waals surface area contributed by atoms with Crippen molar-refractivity contribution in [3.63, 3.8) is 0 Å². The lowest BCUT2D eigenvalue weighted by atomic mass is 9.98. The van der Waals surface area contributed by atoms with E-state index >= 15 is 0 Å². The van der Waals surface area contributed by atoms with Gasteiger partial charge in [0, 0.05) is 124 Å². The molecular formula is C80H40N6S4. The molecule has 10 heteroatoms. The summed E-state index contributed by atoms with van der Waals surface area (Å²) in [7, 11) is 0. The normalized spacial score (nSPS) is 12.4. The van der Waals surface area contributed by atoms with E-state index < -0.39 is 0 Å². The Kier molecular flexibility index (Phi) is 9.69. The van der Waals surface area contributed by atoms with Crippen molar-refractivity contribution in [2.24, 2.45) is 0 Å². The third-order valence-electron chi connectivity index (χ3n) is 19.2. The van der Waals surface area contributed by atoms with Gasteiger partial charge in [-0.05, 0) is 72.8 Å². The Morgan fingerprint density at radius 2 is 0.444 bits per heavy atom. The molecule has 21 rings (SSSR count).